The van der Waals surface area contributed by atoms with Gasteiger partial charge in [0.1, 0.15) is 0 Å². The van der Waals surface area contributed by atoms with E-state index in [-0.39, 0.29) is 5.91 Å². The van der Waals surface area contributed by atoms with Gasteiger partial charge in [-0.3, -0.25) is 9.89 Å². The van der Waals surface area contributed by atoms with E-state index in [0.717, 1.165) is 30.5 Å². The lowest BCUT2D eigenvalue weighted by atomic mass is 9.67. The lowest BCUT2D eigenvalue weighted by molar-refractivity contribution is -0.133. The Hall–Kier alpha value is -1.36. The number of amides is 1. The average Bonchev–Trinajstić information content (AvgIpc) is 2.93. The zero-order valence-corrected chi connectivity index (χ0v) is 14.8. The predicted octanol–water partition coefficient (Wildman–Crippen LogP) is 2.37. The molecule has 23 heavy (non-hydrogen) atoms. The zero-order chi connectivity index (χ0) is 16.4. The molecule has 1 spiro atoms. The zero-order valence-electron chi connectivity index (χ0n) is 14.8. The molecule has 5 nitrogen and oxygen atoms in total. The summed E-state index contributed by atoms with van der Waals surface area (Å²) < 4.78 is 0. The molecular weight excluding hydrogens is 288 g/mol. The number of piperidine rings is 1. The molecule has 1 saturated heterocycles. The van der Waals surface area contributed by atoms with Gasteiger partial charge in [-0.05, 0) is 71.0 Å². The smallest absolute Gasteiger partial charge is 0.228 e. The molecule has 1 saturated carbocycles. The van der Waals surface area contributed by atoms with Crippen molar-refractivity contribution in [2.45, 2.75) is 57.9 Å². The van der Waals surface area contributed by atoms with E-state index in [9.17, 15) is 4.79 Å². The highest BCUT2D eigenvalue weighted by molar-refractivity contribution is 5.78. The molecule has 1 aliphatic heterocycles. The number of aromatic nitrogens is 2. The van der Waals surface area contributed by atoms with Crippen LogP contribution >= 0.6 is 0 Å². The van der Waals surface area contributed by atoms with E-state index in [4.69, 9.17) is 0 Å². The van der Waals surface area contributed by atoms with Crippen LogP contribution in [-0.4, -0.2) is 59.1 Å². The first-order valence-electron chi connectivity index (χ1n) is 8.93. The van der Waals surface area contributed by atoms with Crippen molar-refractivity contribution in [1.29, 1.82) is 0 Å². The predicted molar refractivity (Wildman–Crippen MR) is 91.2 cm³/mol. The van der Waals surface area contributed by atoms with Crippen LogP contribution in [0.3, 0.4) is 0 Å². The number of nitrogens with one attached hydrogen (secondary N) is 1. The fourth-order valence-electron chi connectivity index (χ4n) is 4.29. The second-order valence-electron chi connectivity index (χ2n) is 7.79. The van der Waals surface area contributed by atoms with Crippen molar-refractivity contribution in [2.75, 3.05) is 27.2 Å². The van der Waals surface area contributed by atoms with Gasteiger partial charge in [-0.2, -0.15) is 5.10 Å². The van der Waals surface area contributed by atoms with Crippen LogP contribution in [-0.2, 0) is 11.2 Å². The molecule has 2 fully saturated rings. The van der Waals surface area contributed by atoms with E-state index < -0.39 is 0 Å². The molecular formula is C18H30N4O. The Morgan fingerprint density at radius 2 is 1.96 bits per heavy atom. The van der Waals surface area contributed by atoms with Gasteiger partial charge < -0.3 is 9.80 Å². The number of hydrogen-bond donors (Lipinski definition) is 1. The van der Waals surface area contributed by atoms with Crippen LogP contribution in [0.5, 0.6) is 0 Å². The number of H-pyrrole nitrogens is 1. The molecule has 3 rings (SSSR count). The Morgan fingerprint density at radius 1 is 1.30 bits per heavy atom. The molecule has 128 valence electrons. The molecule has 5 heteroatoms. The number of rotatable bonds is 3. The molecule has 0 radical (unpaired) electrons. The quantitative estimate of drug-likeness (QED) is 0.931. The number of carbonyl (C=O) groups is 1. The van der Waals surface area contributed by atoms with E-state index in [1.165, 1.54) is 38.5 Å². The van der Waals surface area contributed by atoms with Gasteiger partial charge in [-0.1, -0.05) is 0 Å². The van der Waals surface area contributed by atoms with Gasteiger partial charge in [-0.25, -0.2) is 0 Å². The minimum Gasteiger partial charge on any atom is -0.342 e. The van der Waals surface area contributed by atoms with E-state index in [1.807, 2.05) is 17.9 Å². The Morgan fingerprint density at radius 3 is 2.48 bits per heavy atom. The third kappa shape index (κ3) is 3.77. The molecule has 1 aliphatic carbocycles. The summed E-state index contributed by atoms with van der Waals surface area (Å²) in [4.78, 5) is 16.9. The monoisotopic (exact) mass is 318 g/mol. The minimum absolute atomic E-state index is 0.230. The normalized spacial score (nSPS) is 22.0. The van der Waals surface area contributed by atoms with E-state index in [2.05, 4.69) is 29.2 Å². The lowest BCUT2D eigenvalue weighted by Gasteiger charge is -2.47. The first-order chi connectivity index (χ1) is 11.0. The molecule has 1 amide bonds. The summed E-state index contributed by atoms with van der Waals surface area (Å²) in [5.74, 6) is 0.230. The molecule has 0 unspecified atom stereocenters. The molecule has 2 aliphatic rings. The Balaban J connectivity index is 1.49. The standard InChI is InChI=1S/C18H30N4O/c1-14-12-15(20-19-14)13-17(23)22-10-8-18(9-11-22)6-4-16(5-7-18)21(2)3/h12,16H,4-11,13H2,1-3H3,(H,19,20). The molecule has 1 N–H and O–H groups in total. The summed E-state index contributed by atoms with van der Waals surface area (Å²) in [5, 5.41) is 7.09. The maximum Gasteiger partial charge on any atom is 0.228 e. The van der Waals surface area contributed by atoms with Crippen molar-refractivity contribution in [3.05, 3.63) is 17.5 Å². The minimum atomic E-state index is 0.230. The van der Waals surface area contributed by atoms with E-state index in [0.29, 0.717) is 11.8 Å². The van der Waals surface area contributed by atoms with Crippen LogP contribution in [0.2, 0.25) is 0 Å². The Kier molecular flexibility index (Phi) is 4.76. The third-order valence-corrected chi connectivity index (χ3v) is 6.01. The second kappa shape index (κ2) is 6.63. The molecule has 0 bridgehead atoms. The fraction of sp³-hybridized carbons (Fsp3) is 0.778. The van der Waals surface area contributed by atoms with E-state index in [1.54, 1.807) is 0 Å². The van der Waals surface area contributed by atoms with Gasteiger partial charge in [0.15, 0.2) is 0 Å². The Labute approximate surface area is 139 Å². The van der Waals surface area contributed by atoms with E-state index >= 15 is 0 Å². The van der Waals surface area contributed by atoms with Gasteiger partial charge in [0.2, 0.25) is 5.91 Å². The number of likely N-dealkylation sites (tertiary alicyclic amines) is 1. The summed E-state index contributed by atoms with van der Waals surface area (Å²) in [6.07, 6.45) is 8.07. The maximum atomic E-state index is 12.5. The highest BCUT2D eigenvalue weighted by Gasteiger charge is 2.39. The Bertz CT molecular complexity index is 533. The summed E-state index contributed by atoms with van der Waals surface area (Å²) in [7, 11) is 4.39. The summed E-state index contributed by atoms with van der Waals surface area (Å²) in [5.41, 5.74) is 2.38. The number of aromatic amines is 1. The fourth-order valence-corrected chi connectivity index (χ4v) is 4.29. The van der Waals surface area contributed by atoms with Crippen LogP contribution in [0.4, 0.5) is 0 Å². The van der Waals surface area contributed by atoms with Crippen LogP contribution in [0.1, 0.15) is 49.9 Å². The average molecular weight is 318 g/mol. The van der Waals surface area contributed by atoms with Crippen molar-refractivity contribution >= 4 is 5.91 Å². The lowest BCUT2D eigenvalue weighted by Crippen LogP contribution is -2.46. The van der Waals surface area contributed by atoms with Crippen molar-refractivity contribution in [3.63, 3.8) is 0 Å². The number of hydrogen-bond acceptors (Lipinski definition) is 3. The molecule has 2 heterocycles. The topological polar surface area (TPSA) is 52.2 Å². The van der Waals surface area contributed by atoms with Crippen LogP contribution in [0.15, 0.2) is 6.07 Å². The number of aryl methyl sites for hydroxylation is 1. The second-order valence-corrected chi connectivity index (χ2v) is 7.79. The maximum absolute atomic E-state index is 12.5. The van der Waals surface area contributed by atoms with Gasteiger partial charge >= 0.3 is 0 Å². The first kappa shape index (κ1) is 16.5. The molecule has 0 atom stereocenters. The van der Waals surface area contributed by atoms with Crippen molar-refractivity contribution in [3.8, 4) is 0 Å². The van der Waals surface area contributed by atoms with Gasteiger partial charge in [0.05, 0.1) is 12.1 Å². The first-order valence-corrected chi connectivity index (χ1v) is 8.93. The summed E-state index contributed by atoms with van der Waals surface area (Å²) >= 11 is 0. The van der Waals surface area contributed by atoms with Gasteiger partial charge in [-0.15, -0.1) is 0 Å². The molecule has 1 aromatic heterocycles. The van der Waals surface area contributed by atoms with Gasteiger partial charge in [0, 0.05) is 24.8 Å². The highest BCUT2D eigenvalue weighted by atomic mass is 16.2. The third-order valence-electron chi connectivity index (χ3n) is 6.01. The van der Waals surface area contributed by atoms with Crippen molar-refractivity contribution in [1.82, 2.24) is 20.0 Å². The molecule has 0 aromatic carbocycles. The SMILES string of the molecule is Cc1cc(CC(=O)N2CCC3(CCC(N(C)C)CC3)CC2)n[nH]1. The van der Waals surface area contributed by atoms with Crippen LogP contribution < -0.4 is 0 Å². The largest absolute Gasteiger partial charge is 0.342 e. The number of nitrogens with zero attached hydrogens (tertiary/aromatic N) is 3. The molecule has 1 aromatic rings. The summed E-state index contributed by atoms with van der Waals surface area (Å²) in [6, 6.07) is 2.72. The summed E-state index contributed by atoms with van der Waals surface area (Å²) in [6.45, 7) is 3.82. The van der Waals surface area contributed by atoms with Crippen molar-refractivity contribution in [2.24, 2.45) is 5.41 Å². The van der Waals surface area contributed by atoms with Crippen LogP contribution in [0.25, 0.3) is 0 Å². The highest BCUT2D eigenvalue weighted by Crippen LogP contribution is 2.45. The van der Waals surface area contributed by atoms with Crippen molar-refractivity contribution < 1.29 is 4.79 Å². The van der Waals surface area contributed by atoms with Crippen LogP contribution in [0, 0.1) is 12.3 Å². The van der Waals surface area contributed by atoms with Gasteiger partial charge in [0.25, 0.3) is 0 Å². The number of carbonyl (C=O) groups excluding carboxylic acids is 1.